The average molecular weight is 246 g/mol. The number of hydrogen-bond donors (Lipinski definition) is 1. The van der Waals surface area contributed by atoms with Gasteiger partial charge in [-0.2, -0.15) is 0 Å². The standard InChI is InChI=1S/C10H11FO4S/c1-6(2)16(14,15)9-4-3-7(10(12)13)5-8(9)11/h3-6H,1-2H3,(H,12,13). The molecule has 0 saturated carbocycles. The van der Waals surface area contributed by atoms with Gasteiger partial charge >= 0.3 is 5.97 Å². The van der Waals surface area contributed by atoms with Crippen LogP contribution >= 0.6 is 0 Å². The van der Waals surface area contributed by atoms with E-state index < -0.39 is 31.8 Å². The summed E-state index contributed by atoms with van der Waals surface area (Å²) in [7, 11) is -3.72. The van der Waals surface area contributed by atoms with E-state index in [1.807, 2.05) is 0 Å². The van der Waals surface area contributed by atoms with E-state index in [-0.39, 0.29) is 5.56 Å². The summed E-state index contributed by atoms with van der Waals surface area (Å²) in [5.74, 6) is -2.33. The molecule has 0 saturated heterocycles. The lowest BCUT2D eigenvalue weighted by Gasteiger charge is -2.08. The summed E-state index contributed by atoms with van der Waals surface area (Å²) >= 11 is 0. The Bertz CT molecular complexity index is 520. The van der Waals surface area contributed by atoms with Crippen LogP contribution in [0.3, 0.4) is 0 Å². The fourth-order valence-corrected chi connectivity index (χ4v) is 2.21. The summed E-state index contributed by atoms with van der Waals surface area (Å²) in [6.07, 6.45) is 0. The van der Waals surface area contributed by atoms with Gasteiger partial charge in [0.2, 0.25) is 0 Å². The first-order chi connectivity index (χ1) is 7.26. The van der Waals surface area contributed by atoms with Gasteiger partial charge in [-0.25, -0.2) is 17.6 Å². The smallest absolute Gasteiger partial charge is 0.335 e. The lowest BCUT2D eigenvalue weighted by molar-refractivity contribution is 0.0696. The van der Waals surface area contributed by atoms with Crippen LogP contribution < -0.4 is 0 Å². The lowest BCUT2D eigenvalue weighted by Crippen LogP contribution is -2.16. The highest BCUT2D eigenvalue weighted by molar-refractivity contribution is 7.92. The summed E-state index contributed by atoms with van der Waals surface area (Å²) in [6, 6.07) is 2.76. The SMILES string of the molecule is CC(C)S(=O)(=O)c1ccc(C(=O)O)cc1F. The Balaban J connectivity index is 3.35. The summed E-state index contributed by atoms with van der Waals surface area (Å²) in [4.78, 5) is 10.1. The molecule has 0 aromatic heterocycles. The van der Waals surface area contributed by atoms with Crippen molar-refractivity contribution in [1.82, 2.24) is 0 Å². The monoisotopic (exact) mass is 246 g/mol. The van der Waals surface area contributed by atoms with Crippen LogP contribution in [0, 0.1) is 5.82 Å². The molecule has 0 spiro atoms. The highest BCUT2D eigenvalue weighted by atomic mass is 32.2. The molecule has 6 heteroatoms. The summed E-state index contributed by atoms with van der Waals surface area (Å²) in [6.45, 7) is 2.86. The first-order valence-electron chi connectivity index (χ1n) is 4.53. The minimum atomic E-state index is -3.72. The van der Waals surface area contributed by atoms with Crippen molar-refractivity contribution in [2.75, 3.05) is 0 Å². The number of carboxylic acids is 1. The molecule has 0 fully saturated rings. The second kappa shape index (κ2) is 4.21. The highest BCUT2D eigenvalue weighted by Gasteiger charge is 2.23. The van der Waals surface area contributed by atoms with Gasteiger partial charge in [0.25, 0.3) is 0 Å². The third kappa shape index (κ3) is 2.21. The molecule has 1 aromatic rings. The normalized spacial score (nSPS) is 11.8. The number of rotatable bonds is 3. The molecule has 0 aliphatic heterocycles. The fourth-order valence-electron chi connectivity index (χ4n) is 1.12. The van der Waals surface area contributed by atoms with E-state index in [1.165, 1.54) is 13.8 Å². The number of sulfone groups is 1. The van der Waals surface area contributed by atoms with Crippen molar-refractivity contribution in [3.8, 4) is 0 Å². The van der Waals surface area contributed by atoms with Crippen LogP contribution in [0.2, 0.25) is 0 Å². The van der Waals surface area contributed by atoms with E-state index in [0.29, 0.717) is 6.07 Å². The Hall–Kier alpha value is -1.43. The molecule has 1 rings (SSSR count). The van der Waals surface area contributed by atoms with Gasteiger partial charge in [-0.05, 0) is 32.0 Å². The molecular formula is C10H11FO4S. The number of hydrogen-bond acceptors (Lipinski definition) is 3. The van der Waals surface area contributed by atoms with Crippen molar-refractivity contribution in [2.45, 2.75) is 24.0 Å². The molecule has 0 heterocycles. The van der Waals surface area contributed by atoms with Gasteiger partial charge < -0.3 is 5.11 Å². The van der Waals surface area contributed by atoms with Crippen molar-refractivity contribution < 1.29 is 22.7 Å². The summed E-state index contributed by atoms with van der Waals surface area (Å²) in [5, 5.41) is 7.84. The Morgan fingerprint density at radius 3 is 2.31 bits per heavy atom. The van der Waals surface area contributed by atoms with E-state index in [4.69, 9.17) is 5.11 Å². The summed E-state index contributed by atoms with van der Waals surface area (Å²) in [5.41, 5.74) is -0.278. The molecule has 0 bridgehead atoms. The summed E-state index contributed by atoms with van der Waals surface area (Å²) < 4.78 is 36.7. The first-order valence-corrected chi connectivity index (χ1v) is 6.08. The Kier molecular flexibility index (Phi) is 3.32. The first kappa shape index (κ1) is 12.6. The van der Waals surface area contributed by atoms with Crippen molar-refractivity contribution >= 4 is 15.8 Å². The third-order valence-corrected chi connectivity index (χ3v) is 4.29. The van der Waals surface area contributed by atoms with E-state index in [0.717, 1.165) is 12.1 Å². The van der Waals surface area contributed by atoms with Crippen LogP contribution in [-0.2, 0) is 9.84 Å². The number of halogens is 1. The van der Waals surface area contributed by atoms with Crippen LogP contribution in [0.15, 0.2) is 23.1 Å². The predicted octanol–water partition coefficient (Wildman–Crippen LogP) is 1.71. The largest absolute Gasteiger partial charge is 0.478 e. The molecule has 0 unspecified atom stereocenters. The van der Waals surface area contributed by atoms with Gasteiger partial charge in [0.1, 0.15) is 10.7 Å². The van der Waals surface area contributed by atoms with E-state index >= 15 is 0 Å². The van der Waals surface area contributed by atoms with Crippen LogP contribution in [0.1, 0.15) is 24.2 Å². The van der Waals surface area contributed by atoms with Crippen LogP contribution in [0.5, 0.6) is 0 Å². The molecule has 16 heavy (non-hydrogen) atoms. The van der Waals surface area contributed by atoms with E-state index in [9.17, 15) is 17.6 Å². The fraction of sp³-hybridized carbons (Fsp3) is 0.300. The number of carbonyl (C=O) groups is 1. The number of aromatic carboxylic acids is 1. The molecule has 0 radical (unpaired) electrons. The molecule has 0 atom stereocenters. The predicted molar refractivity (Wildman–Crippen MR) is 55.7 cm³/mol. The molecule has 0 aliphatic rings. The van der Waals surface area contributed by atoms with Crippen molar-refractivity contribution in [1.29, 1.82) is 0 Å². The van der Waals surface area contributed by atoms with E-state index in [1.54, 1.807) is 0 Å². The molecule has 1 aromatic carbocycles. The Morgan fingerprint density at radius 1 is 1.38 bits per heavy atom. The second-order valence-corrected chi connectivity index (χ2v) is 6.02. The van der Waals surface area contributed by atoms with Gasteiger partial charge in [-0.1, -0.05) is 0 Å². The molecule has 1 N–H and O–H groups in total. The second-order valence-electron chi connectivity index (χ2n) is 3.54. The topological polar surface area (TPSA) is 71.4 Å². The van der Waals surface area contributed by atoms with Crippen LogP contribution in [0.4, 0.5) is 4.39 Å². The Morgan fingerprint density at radius 2 is 1.94 bits per heavy atom. The van der Waals surface area contributed by atoms with Crippen molar-refractivity contribution in [2.24, 2.45) is 0 Å². The lowest BCUT2D eigenvalue weighted by atomic mass is 10.2. The highest BCUT2D eigenvalue weighted by Crippen LogP contribution is 2.20. The third-order valence-electron chi connectivity index (χ3n) is 2.11. The minimum absolute atomic E-state index is 0.278. The molecule has 0 amide bonds. The maximum Gasteiger partial charge on any atom is 0.335 e. The van der Waals surface area contributed by atoms with Crippen molar-refractivity contribution in [3.63, 3.8) is 0 Å². The van der Waals surface area contributed by atoms with Gasteiger partial charge in [-0.3, -0.25) is 0 Å². The maximum atomic E-state index is 13.4. The van der Waals surface area contributed by atoms with Crippen molar-refractivity contribution in [3.05, 3.63) is 29.6 Å². The van der Waals surface area contributed by atoms with Gasteiger partial charge in [-0.15, -0.1) is 0 Å². The van der Waals surface area contributed by atoms with Crippen LogP contribution in [0.25, 0.3) is 0 Å². The van der Waals surface area contributed by atoms with E-state index in [2.05, 4.69) is 0 Å². The number of carboxylic acid groups (broad SMARTS) is 1. The van der Waals surface area contributed by atoms with Crippen LogP contribution in [-0.4, -0.2) is 24.7 Å². The number of benzene rings is 1. The zero-order chi connectivity index (χ0) is 12.5. The Labute approximate surface area is 92.6 Å². The molecule has 88 valence electrons. The van der Waals surface area contributed by atoms with Gasteiger partial charge in [0.05, 0.1) is 10.8 Å². The molecule has 4 nitrogen and oxygen atoms in total. The zero-order valence-corrected chi connectivity index (χ0v) is 9.58. The average Bonchev–Trinajstić information content (AvgIpc) is 2.16. The van der Waals surface area contributed by atoms with Gasteiger partial charge in [0, 0.05) is 0 Å². The zero-order valence-electron chi connectivity index (χ0n) is 8.77. The minimum Gasteiger partial charge on any atom is -0.478 e. The molecular weight excluding hydrogens is 235 g/mol. The van der Waals surface area contributed by atoms with Gasteiger partial charge in [0.15, 0.2) is 9.84 Å². The maximum absolute atomic E-state index is 13.4. The molecule has 0 aliphatic carbocycles. The quantitative estimate of drug-likeness (QED) is 0.881.